The van der Waals surface area contributed by atoms with Crippen LogP contribution in [0.1, 0.15) is 41.1 Å². The Bertz CT molecular complexity index is 1470. The van der Waals surface area contributed by atoms with Crippen LogP contribution in [0.4, 0.5) is 5.69 Å². The molecule has 0 saturated heterocycles. The lowest BCUT2D eigenvalue weighted by atomic mass is 9.92. The average molecular weight is 497 g/mol. The summed E-state index contributed by atoms with van der Waals surface area (Å²) in [6, 6.07) is 22.1. The number of ether oxygens (including phenoxy) is 1. The summed E-state index contributed by atoms with van der Waals surface area (Å²) in [5.74, 6) is 1.68. The van der Waals surface area contributed by atoms with Gasteiger partial charge in [0.15, 0.2) is 5.11 Å². The van der Waals surface area contributed by atoms with Gasteiger partial charge in [-0.05, 0) is 80.9 Å². The molecule has 0 radical (unpaired) electrons. The molecule has 3 aromatic carbocycles. The molecule has 1 aliphatic heterocycles. The Labute approximate surface area is 216 Å². The third-order valence-corrected chi connectivity index (χ3v) is 6.93. The average Bonchev–Trinajstić information content (AvgIpc) is 3.36. The first-order valence-electron chi connectivity index (χ1n) is 11.8. The number of anilines is 1. The minimum absolute atomic E-state index is 0.239. The summed E-state index contributed by atoms with van der Waals surface area (Å²) in [6.45, 7) is 8.34. The van der Waals surface area contributed by atoms with Gasteiger partial charge in [-0.2, -0.15) is 4.98 Å². The lowest BCUT2D eigenvalue weighted by Crippen LogP contribution is -2.46. The monoisotopic (exact) mass is 496 g/mol. The summed E-state index contributed by atoms with van der Waals surface area (Å²) in [5.41, 5.74) is 8.32. The molecule has 5 rings (SSSR count). The molecule has 4 aromatic rings. The van der Waals surface area contributed by atoms with E-state index in [1.54, 1.807) is 7.11 Å². The molecule has 1 unspecified atom stereocenters. The molecule has 0 bridgehead atoms. The molecule has 1 N–H and O–H groups in total. The molecule has 182 valence electrons. The smallest absolute Gasteiger partial charge is 0.258 e. The van der Waals surface area contributed by atoms with E-state index in [0.29, 0.717) is 16.8 Å². The van der Waals surface area contributed by atoms with Gasteiger partial charge in [0.25, 0.3) is 5.89 Å². The second-order valence-electron chi connectivity index (χ2n) is 9.05. The van der Waals surface area contributed by atoms with Crippen LogP contribution in [0, 0.1) is 20.8 Å². The molecule has 0 saturated carbocycles. The number of aromatic nitrogens is 2. The largest absolute Gasteiger partial charge is 0.497 e. The molecule has 6 nitrogen and oxygen atoms in total. The SMILES string of the molecule is COc1cccc(-c2noc(C3=C(C)N(c4ccc(C)cc4)C(=S)NC3c3ccc(C)c(C)c3)n2)c1. The zero-order valence-corrected chi connectivity index (χ0v) is 21.8. The first-order valence-corrected chi connectivity index (χ1v) is 12.2. The maximum atomic E-state index is 5.88. The summed E-state index contributed by atoms with van der Waals surface area (Å²) < 4.78 is 11.2. The number of rotatable bonds is 5. The molecule has 7 heteroatoms. The predicted octanol–water partition coefficient (Wildman–Crippen LogP) is 6.54. The van der Waals surface area contributed by atoms with E-state index < -0.39 is 0 Å². The van der Waals surface area contributed by atoms with Gasteiger partial charge in [0, 0.05) is 16.9 Å². The molecule has 0 spiro atoms. The summed E-state index contributed by atoms with van der Waals surface area (Å²) >= 11 is 5.87. The van der Waals surface area contributed by atoms with Crippen LogP contribution < -0.4 is 15.0 Å². The molecule has 0 fully saturated rings. The van der Waals surface area contributed by atoms with Crippen molar-refractivity contribution in [1.29, 1.82) is 0 Å². The number of nitrogens with one attached hydrogen (secondary N) is 1. The maximum Gasteiger partial charge on any atom is 0.258 e. The van der Waals surface area contributed by atoms with Crippen molar-refractivity contribution < 1.29 is 9.26 Å². The molecule has 0 amide bonds. The van der Waals surface area contributed by atoms with E-state index in [1.165, 1.54) is 16.7 Å². The van der Waals surface area contributed by atoms with Crippen LogP contribution in [-0.2, 0) is 0 Å². The number of aryl methyl sites for hydroxylation is 3. The van der Waals surface area contributed by atoms with Crippen molar-refractivity contribution in [2.24, 2.45) is 0 Å². The fraction of sp³-hybridized carbons (Fsp3) is 0.207. The first kappa shape index (κ1) is 23.8. The van der Waals surface area contributed by atoms with E-state index in [2.05, 4.69) is 73.7 Å². The lowest BCUT2D eigenvalue weighted by Gasteiger charge is -2.37. The van der Waals surface area contributed by atoms with Crippen LogP contribution in [0.15, 0.2) is 77.0 Å². The molecule has 0 aliphatic carbocycles. The summed E-state index contributed by atoms with van der Waals surface area (Å²) in [7, 11) is 1.64. The van der Waals surface area contributed by atoms with Gasteiger partial charge in [0.1, 0.15) is 5.75 Å². The number of hydrogen-bond acceptors (Lipinski definition) is 5. The fourth-order valence-corrected chi connectivity index (χ4v) is 4.79. The maximum absolute atomic E-state index is 5.88. The normalized spacial score (nSPS) is 15.8. The highest BCUT2D eigenvalue weighted by Crippen LogP contribution is 2.39. The number of methoxy groups -OCH3 is 1. The van der Waals surface area contributed by atoms with E-state index in [0.717, 1.165) is 33.8 Å². The van der Waals surface area contributed by atoms with E-state index in [1.807, 2.05) is 36.1 Å². The Morgan fingerprint density at radius 2 is 1.72 bits per heavy atom. The van der Waals surface area contributed by atoms with E-state index in [4.69, 9.17) is 26.5 Å². The van der Waals surface area contributed by atoms with Crippen LogP contribution in [-0.4, -0.2) is 22.4 Å². The second kappa shape index (κ2) is 9.59. The van der Waals surface area contributed by atoms with Crippen LogP contribution in [0.25, 0.3) is 17.0 Å². The minimum atomic E-state index is -0.239. The highest BCUT2D eigenvalue weighted by molar-refractivity contribution is 7.80. The van der Waals surface area contributed by atoms with Crippen molar-refractivity contribution in [3.63, 3.8) is 0 Å². The van der Waals surface area contributed by atoms with E-state index >= 15 is 0 Å². The predicted molar refractivity (Wildman–Crippen MR) is 147 cm³/mol. The Kier molecular flexibility index (Phi) is 6.33. The Morgan fingerprint density at radius 1 is 0.944 bits per heavy atom. The van der Waals surface area contributed by atoms with Crippen molar-refractivity contribution in [2.75, 3.05) is 12.0 Å². The van der Waals surface area contributed by atoms with Crippen molar-refractivity contribution in [2.45, 2.75) is 33.7 Å². The van der Waals surface area contributed by atoms with Crippen LogP contribution >= 0.6 is 12.2 Å². The molecule has 1 aliphatic rings. The number of benzene rings is 3. The van der Waals surface area contributed by atoms with Gasteiger partial charge in [-0.15, -0.1) is 0 Å². The highest BCUT2D eigenvalue weighted by Gasteiger charge is 2.35. The van der Waals surface area contributed by atoms with Gasteiger partial charge in [-0.3, -0.25) is 4.90 Å². The molecule has 1 atom stereocenters. The number of hydrogen-bond donors (Lipinski definition) is 1. The van der Waals surface area contributed by atoms with Crippen molar-refractivity contribution >= 4 is 28.6 Å². The van der Waals surface area contributed by atoms with Crippen molar-refractivity contribution in [3.8, 4) is 17.1 Å². The first-order chi connectivity index (χ1) is 17.4. The Balaban J connectivity index is 1.65. The van der Waals surface area contributed by atoms with Gasteiger partial charge >= 0.3 is 0 Å². The van der Waals surface area contributed by atoms with Gasteiger partial charge in [0.05, 0.1) is 18.7 Å². The molecule has 1 aromatic heterocycles. The molecular weight excluding hydrogens is 468 g/mol. The van der Waals surface area contributed by atoms with E-state index in [-0.39, 0.29) is 6.04 Å². The van der Waals surface area contributed by atoms with Crippen LogP contribution in [0.2, 0.25) is 0 Å². The van der Waals surface area contributed by atoms with Gasteiger partial charge < -0.3 is 14.6 Å². The Hall–Kier alpha value is -3.97. The fourth-order valence-electron chi connectivity index (χ4n) is 4.43. The summed E-state index contributed by atoms with van der Waals surface area (Å²) in [4.78, 5) is 6.84. The van der Waals surface area contributed by atoms with Crippen LogP contribution in [0.3, 0.4) is 0 Å². The van der Waals surface area contributed by atoms with Crippen molar-refractivity contribution in [3.05, 3.63) is 101 Å². The van der Waals surface area contributed by atoms with Gasteiger partial charge in [-0.25, -0.2) is 0 Å². The quantitative estimate of drug-likeness (QED) is 0.315. The highest BCUT2D eigenvalue weighted by atomic mass is 32.1. The number of nitrogens with zero attached hydrogens (tertiary/aromatic N) is 3. The zero-order chi connectivity index (χ0) is 25.4. The van der Waals surface area contributed by atoms with E-state index in [9.17, 15) is 0 Å². The molecule has 2 heterocycles. The second-order valence-corrected chi connectivity index (χ2v) is 9.44. The minimum Gasteiger partial charge on any atom is -0.497 e. The lowest BCUT2D eigenvalue weighted by molar-refractivity contribution is 0.403. The van der Waals surface area contributed by atoms with Gasteiger partial charge in [0.2, 0.25) is 5.82 Å². The third kappa shape index (κ3) is 4.38. The Morgan fingerprint density at radius 3 is 2.44 bits per heavy atom. The molecular formula is C29H28N4O2S. The number of allylic oxidation sites excluding steroid dienone is 1. The van der Waals surface area contributed by atoms with Crippen molar-refractivity contribution in [1.82, 2.24) is 15.5 Å². The topological polar surface area (TPSA) is 63.4 Å². The zero-order valence-electron chi connectivity index (χ0n) is 21.0. The molecule has 36 heavy (non-hydrogen) atoms. The standard InChI is InChI=1S/C29H28N4O2S/c1-17-9-13-23(14-10-17)33-20(4)25(26(30-29(33)36)21-12-11-18(2)19(3)15-21)28-31-27(32-35-28)22-7-6-8-24(16-22)34-5/h6-16,26H,1-5H3,(H,30,36). The summed E-state index contributed by atoms with van der Waals surface area (Å²) in [5, 5.41) is 8.47. The summed E-state index contributed by atoms with van der Waals surface area (Å²) in [6.07, 6.45) is 0. The number of thiocarbonyl (C=S) groups is 1. The third-order valence-electron chi connectivity index (χ3n) is 6.63. The van der Waals surface area contributed by atoms with Crippen LogP contribution in [0.5, 0.6) is 5.75 Å². The van der Waals surface area contributed by atoms with Gasteiger partial charge in [-0.1, -0.05) is 53.2 Å².